The van der Waals surface area contributed by atoms with Gasteiger partial charge in [0.15, 0.2) is 0 Å². The second kappa shape index (κ2) is 7.78. The summed E-state index contributed by atoms with van der Waals surface area (Å²) < 4.78 is 54.0. The van der Waals surface area contributed by atoms with Crippen molar-refractivity contribution in [3.63, 3.8) is 0 Å². The maximum absolute atomic E-state index is 14.8. The predicted molar refractivity (Wildman–Crippen MR) is 116 cm³/mol. The smallest absolute Gasteiger partial charge is 0.361 e. The summed E-state index contributed by atoms with van der Waals surface area (Å²) in [6.45, 7) is 0. The molecule has 1 atom stereocenters. The number of hydrogen-bond acceptors (Lipinski definition) is 0. The first-order valence-electron chi connectivity index (χ1n) is 9.42. The number of hydrogen-bond donors (Lipinski definition) is 2. The zero-order chi connectivity index (χ0) is 20.9. The number of fused-ring (bicyclic) bond motifs is 2. The second-order valence-corrected chi connectivity index (χ2v) is 7.25. The van der Waals surface area contributed by atoms with Gasteiger partial charge in [0.05, 0.1) is 5.56 Å². The summed E-state index contributed by atoms with van der Waals surface area (Å²) in [4.78, 5) is 6.31. The molecular weight excluding hydrogens is 428 g/mol. The van der Waals surface area contributed by atoms with Gasteiger partial charge in [-0.1, -0.05) is 36.4 Å². The molecule has 3 aromatic carbocycles. The van der Waals surface area contributed by atoms with Crippen molar-refractivity contribution < 1.29 is 17.6 Å². The molecule has 0 amide bonds. The number of para-hydroxylation sites is 1. The number of halogens is 5. The third-order valence-electron chi connectivity index (χ3n) is 5.50. The average Bonchev–Trinajstić information content (AvgIpc) is 3.34. The molecule has 0 radical (unpaired) electrons. The SMILES string of the molecule is Cl.Fc1cccc2[nH]cc(C(c3ccc(C(F)(F)F)cc3)c3c[nH]c4ccccc34)c12. The molecule has 5 rings (SSSR count). The zero-order valence-electron chi connectivity index (χ0n) is 16.0. The number of H-pyrrole nitrogens is 2. The number of rotatable bonds is 3. The van der Waals surface area contributed by atoms with Crippen molar-refractivity contribution in [2.45, 2.75) is 12.1 Å². The Morgan fingerprint density at radius 1 is 0.710 bits per heavy atom. The fourth-order valence-corrected chi connectivity index (χ4v) is 4.12. The van der Waals surface area contributed by atoms with Gasteiger partial charge in [-0.2, -0.15) is 13.2 Å². The van der Waals surface area contributed by atoms with E-state index in [1.807, 2.05) is 30.5 Å². The van der Waals surface area contributed by atoms with Crippen LogP contribution >= 0.6 is 12.4 Å². The van der Waals surface area contributed by atoms with Crippen LogP contribution in [-0.2, 0) is 6.18 Å². The fraction of sp³-hybridized carbons (Fsp3) is 0.0833. The van der Waals surface area contributed by atoms with E-state index >= 15 is 0 Å². The van der Waals surface area contributed by atoms with Crippen LogP contribution in [0.5, 0.6) is 0 Å². The van der Waals surface area contributed by atoms with Crippen molar-refractivity contribution in [3.05, 3.63) is 107 Å². The van der Waals surface area contributed by atoms with Crippen molar-refractivity contribution in [1.29, 1.82) is 0 Å². The van der Waals surface area contributed by atoms with Gasteiger partial charge in [0.25, 0.3) is 0 Å². The highest BCUT2D eigenvalue weighted by Gasteiger charge is 2.31. The highest BCUT2D eigenvalue weighted by Crippen LogP contribution is 2.41. The van der Waals surface area contributed by atoms with Crippen LogP contribution in [0, 0.1) is 5.82 Å². The number of alkyl halides is 3. The first-order chi connectivity index (χ1) is 14.4. The number of nitrogens with one attached hydrogen (secondary N) is 2. The Bertz CT molecular complexity index is 1350. The molecule has 158 valence electrons. The summed E-state index contributed by atoms with van der Waals surface area (Å²) in [5, 5.41) is 1.38. The van der Waals surface area contributed by atoms with Crippen molar-refractivity contribution in [2.75, 3.05) is 0 Å². The molecule has 0 fully saturated rings. The van der Waals surface area contributed by atoms with Crippen molar-refractivity contribution in [3.8, 4) is 0 Å². The van der Waals surface area contributed by atoms with Crippen LogP contribution in [0.4, 0.5) is 17.6 Å². The van der Waals surface area contributed by atoms with Gasteiger partial charge in [-0.3, -0.25) is 0 Å². The predicted octanol–water partition coefficient (Wildman–Crippen LogP) is 7.41. The summed E-state index contributed by atoms with van der Waals surface area (Å²) in [7, 11) is 0. The first kappa shape index (κ1) is 21.0. The summed E-state index contributed by atoms with van der Waals surface area (Å²) in [5.74, 6) is -0.824. The van der Waals surface area contributed by atoms with E-state index in [9.17, 15) is 17.6 Å². The fourth-order valence-electron chi connectivity index (χ4n) is 4.12. The van der Waals surface area contributed by atoms with Crippen LogP contribution in [0.15, 0.2) is 79.1 Å². The van der Waals surface area contributed by atoms with E-state index in [-0.39, 0.29) is 18.2 Å². The van der Waals surface area contributed by atoms with Gasteiger partial charge < -0.3 is 9.97 Å². The number of aromatic amines is 2. The van der Waals surface area contributed by atoms with E-state index in [2.05, 4.69) is 9.97 Å². The largest absolute Gasteiger partial charge is 0.416 e. The van der Waals surface area contributed by atoms with Crippen LogP contribution in [0.3, 0.4) is 0 Å². The normalized spacial score (nSPS) is 12.8. The lowest BCUT2D eigenvalue weighted by atomic mass is 9.84. The molecule has 0 aliphatic heterocycles. The molecule has 0 bridgehead atoms. The van der Waals surface area contributed by atoms with E-state index in [0.717, 1.165) is 28.6 Å². The molecule has 0 spiro atoms. The van der Waals surface area contributed by atoms with E-state index in [0.29, 0.717) is 22.0 Å². The molecule has 2 nitrogen and oxygen atoms in total. The maximum atomic E-state index is 14.8. The van der Waals surface area contributed by atoms with E-state index in [1.165, 1.54) is 18.2 Å². The third-order valence-corrected chi connectivity index (χ3v) is 5.50. The van der Waals surface area contributed by atoms with Gasteiger partial charge in [0.1, 0.15) is 5.82 Å². The third kappa shape index (κ3) is 3.57. The molecule has 0 aliphatic rings. The minimum absolute atomic E-state index is 0. The molecule has 31 heavy (non-hydrogen) atoms. The molecule has 1 unspecified atom stereocenters. The monoisotopic (exact) mass is 444 g/mol. The van der Waals surface area contributed by atoms with Gasteiger partial charge in [0, 0.05) is 40.1 Å². The Morgan fingerprint density at radius 2 is 1.35 bits per heavy atom. The molecular formula is C24H17ClF4N2. The second-order valence-electron chi connectivity index (χ2n) is 7.25. The van der Waals surface area contributed by atoms with Crippen molar-refractivity contribution in [2.24, 2.45) is 0 Å². The van der Waals surface area contributed by atoms with Gasteiger partial charge in [0.2, 0.25) is 0 Å². The highest BCUT2D eigenvalue weighted by atomic mass is 35.5. The Hall–Kier alpha value is -3.25. The van der Waals surface area contributed by atoms with Crippen LogP contribution in [0.2, 0.25) is 0 Å². The topological polar surface area (TPSA) is 31.6 Å². The van der Waals surface area contributed by atoms with Crippen molar-refractivity contribution in [1.82, 2.24) is 9.97 Å². The lowest BCUT2D eigenvalue weighted by Gasteiger charge is -2.18. The number of benzene rings is 3. The zero-order valence-corrected chi connectivity index (χ0v) is 16.8. The van der Waals surface area contributed by atoms with Gasteiger partial charge in [-0.05, 0) is 47.0 Å². The minimum atomic E-state index is -4.41. The van der Waals surface area contributed by atoms with E-state index < -0.39 is 17.7 Å². The summed E-state index contributed by atoms with van der Waals surface area (Å²) >= 11 is 0. The van der Waals surface area contributed by atoms with Crippen LogP contribution < -0.4 is 0 Å². The molecule has 2 heterocycles. The quantitative estimate of drug-likeness (QED) is 0.271. The van der Waals surface area contributed by atoms with Gasteiger partial charge in [-0.25, -0.2) is 4.39 Å². The van der Waals surface area contributed by atoms with E-state index in [4.69, 9.17) is 0 Å². The molecule has 2 N–H and O–H groups in total. The summed E-state index contributed by atoms with van der Waals surface area (Å²) in [6, 6.07) is 17.5. The average molecular weight is 445 g/mol. The molecule has 5 aromatic rings. The van der Waals surface area contributed by atoms with Crippen LogP contribution in [-0.4, -0.2) is 9.97 Å². The molecule has 0 saturated heterocycles. The molecule has 0 saturated carbocycles. The van der Waals surface area contributed by atoms with Crippen LogP contribution in [0.1, 0.15) is 28.2 Å². The lowest BCUT2D eigenvalue weighted by molar-refractivity contribution is -0.137. The lowest BCUT2D eigenvalue weighted by Crippen LogP contribution is -2.07. The van der Waals surface area contributed by atoms with Gasteiger partial charge >= 0.3 is 6.18 Å². The Labute approximate surface area is 181 Å². The number of aromatic nitrogens is 2. The van der Waals surface area contributed by atoms with Crippen LogP contribution in [0.25, 0.3) is 21.8 Å². The van der Waals surface area contributed by atoms with Crippen molar-refractivity contribution >= 4 is 34.2 Å². The first-order valence-corrected chi connectivity index (χ1v) is 9.42. The Kier molecular flexibility index (Phi) is 5.27. The minimum Gasteiger partial charge on any atom is -0.361 e. The Balaban J connectivity index is 0.00000231. The highest BCUT2D eigenvalue weighted by molar-refractivity contribution is 5.89. The Morgan fingerprint density at radius 3 is 2.10 bits per heavy atom. The summed E-state index contributed by atoms with van der Waals surface area (Å²) in [6.07, 6.45) is -0.841. The molecule has 0 aliphatic carbocycles. The molecule has 7 heteroatoms. The molecule has 2 aromatic heterocycles. The van der Waals surface area contributed by atoms with E-state index in [1.54, 1.807) is 18.3 Å². The van der Waals surface area contributed by atoms with Gasteiger partial charge in [-0.15, -0.1) is 12.4 Å². The summed E-state index contributed by atoms with van der Waals surface area (Å²) in [5.41, 5.74) is 3.03. The maximum Gasteiger partial charge on any atom is 0.416 e. The standard InChI is InChI=1S/C24H16F4N2.ClH/c25-19-5-3-7-21-23(19)18(13-30-21)22(14-8-10-15(11-9-14)24(26,27)28)17-12-29-20-6-2-1-4-16(17)20;/h1-13,22,29-30H;1H.